The Kier molecular flexibility index (Phi) is 5.52. The minimum atomic E-state index is -2.59. The Labute approximate surface area is 181 Å². The van der Waals surface area contributed by atoms with Gasteiger partial charge < -0.3 is 17.7 Å². The monoisotopic (exact) mass is 462 g/mol. The number of H-pyrrole nitrogens is 1. The maximum atomic E-state index is 13.7. The summed E-state index contributed by atoms with van der Waals surface area (Å²) in [4.78, 5) is 40.3. The van der Waals surface area contributed by atoms with Gasteiger partial charge >= 0.3 is 22.8 Å². The summed E-state index contributed by atoms with van der Waals surface area (Å²) in [5, 5.41) is 0. The molecule has 2 saturated heterocycles. The van der Waals surface area contributed by atoms with E-state index in [4.69, 9.17) is 17.7 Å². The molecule has 166 valence electrons. The maximum absolute atomic E-state index is 13.7. The van der Waals surface area contributed by atoms with Crippen molar-refractivity contribution in [1.82, 2.24) is 9.55 Å². The standard InChI is InChI=1S/C20H26N2O7Si2/c1-30(2)26-13-16-15(28-31(3,4)29-30)12-20(27-16,18(24)14-8-6-5-7-9-14)22-11-10-17(23)21-19(22)25/h5-11,15-16H,12-13H2,1-4H3,(H,21,23,25)/t15-,16+,20-/m0/s1. The summed E-state index contributed by atoms with van der Waals surface area (Å²) in [5.74, 6) is -0.394. The van der Waals surface area contributed by atoms with Crippen LogP contribution in [-0.4, -0.2) is 51.3 Å². The predicted molar refractivity (Wildman–Crippen MR) is 116 cm³/mol. The lowest BCUT2D eigenvalue weighted by atomic mass is 9.96. The molecule has 0 bridgehead atoms. The van der Waals surface area contributed by atoms with E-state index in [1.807, 2.05) is 26.2 Å². The van der Waals surface area contributed by atoms with Gasteiger partial charge in [0.15, 0.2) is 0 Å². The van der Waals surface area contributed by atoms with Gasteiger partial charge in [-0.15, -0.1) is 0 Å². The number of hydrogen-bond donors (Lipinski definition) is 1. The fourth-order valence-electron chi connectivity index (χ4n) is 4.26. The average Bonchev–Trinajstić information content (AvgIpc) is 3.03. The summed E-state index contributed by atoms with van der Waals surface area (Å²) in [6.07, 6.45) is 0.287. The van der Waals surface area contributed by atoms with Crippen LogP contribution in [0.5, 0.6) is 0 Å². The molecule has 1 aromatic heterocycles. The average molecular weight is 463 g/mol. The van der Waals surface area contributed by atoms with Gasteiger partial charge in [0.05, 0.1) is 12.7 Å². The highest BCUT2D eigenvalue weighted by atomic mass is 28.5. The third-order valence-electron chi connectivity index (χ3n) is 5.36. The molecular weight excluding hydrogens is 436 g/mol. The zero-order valence-corrected chi connectivity index (χ0v) is 19.9. The summed E-state index contributed by atoms with van der Waals surface area (Å²) in [7, 11) is -5.04. The fraction of sp³-hybridized carbons (Fsp3) is 0.450. The summed E-state index contributed by atoms with van der Waals surface area (Å²) in [6.45, 7) is 7.91. The third kappa shape index (κ3) is 4.29. The van der Waals surface area contributed by atoms with Crippen LogP contribution < -0.4 is 11.2 Å². The molecule has 9 nitrogen and oxygen atoms in total. The van der Waals surface area contributed by atoms with E-state index in [2.05, 4.69) is 4.98 Å². The summed E-state index contributed by atoms with van der Waals surface area (Å²) >= 11 is 0. The zero-order chi connectivity index (χ0) is 22.4. The molecule has 2 aliphatic rings. The van der Waals surface area contributed by atoms with E-state index in [9.17, 15) is 14.4 Å². The molecule has 2 aliphatic heterocycles. The quantitative estimate of drug-likeness (QED) is 0.546. The number of aromatic amines is 1. The van der Waals surface area contributed by atoms with Gasteiger partial charge in [0.25, 0.3) is 5.56 Å². The lowest BCUT2D eigenvalue weighted by Gasteiger charge is -2.38. The number of fused-ring (bicyclic) bond motifs is 1. The second-order valence-electron chi connectivity index (χ2n) is 8.69. The summed E-state index contributed by atoms with van der Waals surface area (Å²) < 4.78 is 26.1. The highest BCUT2D eigenvalue weighted by molar-refractivity contribution is 6.78. The molecule has 0 spiro atoms. The molecule has 4 rings (SSSR count). The molecule has 1 aromatic carbocycles. The van der Waals surface area contributed by atoms with Crippen LogP contribution in [-0.2, 0) is 23.4 Å². The first kappa shape index (κ1) is 22.1. The first-order valence-corrected chi connectivity index (χ1v) is 15.8. The minimum absolute atomic E-state index is 0.0858. The van der Waals surface area contributed by atoms with Crippen molar-refractivity contribution in [2.45, 2.75) is 50.5 Å². The largest absolute Gasteiger partial charge is 0.415 e. The number of benzene rings is 1. The number of aromatic nitrogens is 2. The SMILES string of the molecule is C[Si]1(C)OC[C@H]2O[C@@](C(=O)c3ccccc3)(n3ccc(=O)[nH]c3=O)C[C@@H]2O[Si](C)(C)O1. The number of nitrogens with zero attached hydrogens (tertiary/aromatic N) is 1. The van der Waals surface area contributed by atoms with E-state index in [-0.39, 0.29) is 13.0 Å². The van der Waals surface area contributed by atoms with E-state index in [1.54, 1.807) is 30.3 Å². The maximum Gasteiger partial charge on any atom is 0.331 e. The van der Waals surface area contributed by atoms with Crippen LogP contribution in [0.1, 0.15) is 16.8 Å². The van der Waals surface area contributed by atoms with Crippen molar-refractivity contribution in [2.75, 3.05) is 6.61 Å². The molecule has 0 aliphatic carbocycles. The Balaban J connectivity index is 1.82. The number of ketones is 1. The molecule has 31 heavy (non-hydrogen) atoms. The third-order valence-corrected chi connectivity index (χ3v) is 11.0. The highest BCUT2D eigenvalue weighted by Gasteiger charge is 2.57. The predicted octanol–water partition coefficient (Wildman–Crippen LogP) is 1.70. The normalized spacial score (nSPS) is 29.5. The molecule has 11 heteroatoms. The van der Waals surface area contributed by atoms with Gasteiger partial charge in [-0.25, -0.2) is 4.79 Å². The van der Waals surface area contributed by atoms with Crippen molar-refractivity contribution in [3.8, 4) is 0 Å². The number of carbonyl (C=O) groups is 1. The van der Waals surface area contributed by atoms with Crippen molar-refractivity contribution in [3.63, 3.8) is 0 Å². The minimum Gasteiger partial charge on any atom is -0.415 e. The van der Waals surface area contributed by atoms with Crippen molar-refractivity contribution in [2.24, 2.45) is 0 Å². The van der Waals surface area contributed by atoms with Gasteiger partial charge in [-0.05, 0) is 26.2 Å². The van der Waals surface area contributed by atoms with Crippen LogP contribution in [0.15, 0.2) is 52.2 Å². The molecule has 3 heterocycles. The number of rotatable bonds is 3. The lowest BCUT2D eigenvalue weighted by Crippen LogP contribution is -2.55. The number of Topliss-reactive ketones (excluding diaryl/α,β-unsaturated/α-hetero) is 1. The Hall–Kier alpha value is -2.16. The molecule has 0 unspecified atom stereocenters. The molecule has 0 saturated carbocycles. The second-order valence-corrected chi connectivity index (χ2v) is 15.6. The highest BCUT2D eigenvalue weighted by Crippen LogP contribution is 2.41. The van der Waals surface area contributed by atoms with Gasteiger partial charge in [0.1, 0.15) is 6.10 Å². The molecule has 2 fully saturated rings. The summed E-state index contributed by atoms with van der Waals surface area (Å²) in [6, 6.07) is 9.81. The van der Waals surface area contributed by atoms with E-state index >= 15 is 0 Å². The Morgan fingerprint density at radius 3 is 2.45 bits per heavy atom. The van der Waals surface area contributed by atoms with E-state index in [1.165, 1.54) is 12.3 Å². The van der Waals surface area contributed by atoms with Crippen LogP contribution >= 0.6 is 0 Å². The van der Waals surface area contributed by atoms with E-state index in [0.717, 1.165) is 4.57 Å². The molecular formula is C20H26N2O7Si2. The van der Waals surface area contributed by atoms with Gasteiger partial charge in [-0.3, -0.25) is 19.1 Å². The van der Waals surface area contributed by atoms with Crippen molar-refractivity contribution < 1.29 is 22.5 Å². The number of nitrogens with one attached hydrogen (secondary N) is 1. The Bertz CT molecular complexity index is 1100. The van der Waals surface area contributed by atoms with Crippen LogP contribution in [0.3, 0.4) is 0 Å². The Morgan fingerprint density at radius 1 is 1.06 bits per heavy atom. The lowest BCUT2D eigenvalue weighted by molar-refractivity contribution is -0.0955. The van der Waals surface area contributed by atoms with Crippen molar-refractivity contribution >= 4 is 22.9 Å². The van der Waals surface area contributed by atoms with Crippen LogP contribution in [0.4, 0.5) is 0 Å². The number of carbonyl (C=O) groups excluding carboxylic acids is 1. The van der Waals surface area contributed by atoms with Crippen molar-refractivity contribution in [3.05, 3.63) is 69.0 Å². The van der Waals surface area contributed by atoms with Crippen molar-refractivity contribution in [1.29, 1.82) is 0 Å². The fourth-order valence-corrected chi connectivity index (χ4v) is 11.0. The molecule has 1 N–H and O–H groups in total. The van der Waals surface area contributed by atoms with Gasteiger partial charge in [-0.2, -0.15) is 0 Å². The Morgan fingerprint density at radius 2 is 1.77 bits per heavy atom. The topological polar surface area (TPSA) is 109 Å². The molecule has 0 amide bonds. The van der Waals surface area contributed by atoms with Gasteiger partial charge in [-0.1, -0.05) is 30.3 Å². The number of ether oxygens (including phenoxy) is 1. The second kappa shape index (κ2) is 7.76. The molecule has 0 radical (unpaired) electrons. The van der Waals surface area contributed by atoms with Crippen LogP contribution in [0, 0.1) is 0 Å². The van der Waals surface area contributed by atoms with Crippen LogP contribution in [0.25, 0.3) is 0 Å². The van der Waals surface area contributed by atoms with Gasteiger partial charge in [0, 0.05) is 24.2 Å². The van der Waals surface area contributed by atoms with Gasteiger partial charge in [0.2, 0.25) is 11.5 Å². The number of hydrogen-bond acceptors (Lipinski definition) is 7. The van der Waals surface area contributed by atoms with Crippen LogP contribution in [0.2, 0.25) is 26.2 Å². The molecule has 2 aromatic rings. The smallest absolute Gasteiger partial charge is 0.331 e. The first-order valence-electron chi connectivity index (χ1n) is 10.1. The van der Waals surface area contributed by atoms with E-state index in [0.29, 0.717) is 5.56 Å². The summed E-state index contributed by atoms with van der Waals surface area (Å²) in [5.41, 5.74) is -2.57. The van der Waals surface area contributed by atoms with E-state index < -0.39 is 52.1 Å². The molecule has 3 atom stereocenters. The zero-order valence-electron chi connectivity index (χ0n) is 17.9. The first-order chi connectivity index (χ1) is 14.5.